The van der Waals surface area contributed by atoms with Crippen molar-refractivity contribution < 1.29 is 14.6 Å². The van der Waals surface area contributed by atoms with Crippen LogP contribution >= 0.6 is 0 Å². The van der Waals surface area contributed by atoms with Gasteiger partial charge in [0.2, 0.25) is 0 Å². The molecule has 2 atom stereocenters. The minimum Gasteiger partial charge on any atom is -0.490 e. The van der Waals surface area contributed by atoms with Crippen LogP contribution in [0.1, 0.15) is 45.6 Å². The fraction of sp³-hybridized carbons (Fsp3) is 0.700. The number of nitrogen functional groups attached to an aromatic ring is 1. The summed E-state index contributed by atoms with van der Waals surface area (Å²) in [6, 6.07) is 4.00. The zero-order chi connectivity index (χ0) is 18.2. The molecule has 5 nitrogen and oxygen atoms in total. The Morgan fingerprint density at radius 2 is 2.00 bits per heavy atom. The van der Waals surface area contributed by atoms with E-state index in [-0.39, 0.29) is 12.0 Å². The zero-order valence-corrected chi connectivity index (χ0v) is 16.0. The molecule has 3 N–H and O–H groups in total. The number of nitrogens with zero attached hydrogens (tertiary/aromatic N) is 1. The molecule has 1 aliphatic rings. The number of aliphatic hydroxyl groups excluding tert-OH is 1. The summed E-state index contributed by atoms with van der Waals surface area (Å²) in [5, 5.41) is 10.4. The van der Waals surface area contributed by atoms with E-state index in [0.717, 1.165) is 50.9 Å². The lowest BCUT2D eigenvalue weighted by Gasteiger charge is -2.36. The molecule has 1 aromatic rings. The van der Waals surface area contributed by atoms with E-state index in [1.807, 2.05) is 19.1 Å². The number of anilines is 1. The number of hydrogen-bond donors (Lipinski definition) is 2. The van der Waals surface area contributed by atoms with Gasteiger partial charge in [0, 0.05) is 19.0 Å². The number of rotatable bonds is 9. The summed E-state index contributed by atoms with van der Waals surface area (Å²) >= 11 is 0. The second-order valence-electron chi connectivity index (χ2n) is 6.91. The predicted molar refractivity (Wildman–Crippen MR) is 102 cm³/mol. The van der Waals surface area contributed by atoms with Gasteiger partial charge in [-0.25, -0.2) is 0 Å². The minimum absolute atomic E-state index is 0.233. The maximum absolute atomic E-state index is 10.4. The molecule has 25 heavy (non-hydrogen) atoms. The summed E-state index contributed by atoms with van der Waals surface area (Å²) in [7, 11) is 0. The largest absolute Gasteiger partial charge is 0.490 e. The second kappa shape index (κ2) is 9.88. The van der Waals surface area contributed by atoms with Crippen LogP contribution in [-0.2, 0) is 6.42 Å². The fourth-order valence-corrected chi connectivity index (χ4v) is 3.54. The Balaban J connectivity index is 2.15. The summed E-state index contributed by atoms with van der Waals surface area (Å²) in [6.45, 7) is 10.4. The molecular formula is C20H34N2O3. The van der Waals surface area contributed by atoms with Crippen molar-refractivity contribution in [3.8, 4) is 11.5 Å². The molecule has 0 amide bonds. The van der Waals surface area contributed by atoms with E-state index in [9.17, 15) is 5.11 Å². The Bertz CT molecular complexity index is 536. The van der Waals surface area contributed by atoms with Crippen LogP contribution in [0.4, 0.5) is 5.69 Å². The average Bonchev–Trinajstić information content (AvgIpc) is 2.58. The number of piperidine rings is 1. The number of aliphatic hydroxyl groups is 1. The Hall–Kier alpha value is -1.46. The maximum atomic E-state index is 10.4. The number of ether oxygens (including phenoxy) is 2. The molecule has 2 unspecified atom stereocenters. The molecule has 0 aliphatic carbocycles. The molecule has 1 saturated heterocycles. The third-order valence-corrected chi connectivity index (χ3v) is 4.71. The van der Waals surface area contributed by atoms with Gasteiger partial charge in [-0.3, -0.25) is 0 Å². The minimum atomic E-state index is -0.249. The highest BCUT2D eigenvalue weighted by molar-refractivity contribution is 5.62. The van der Waals surface area contributed by atoms with Crippen molar-refractivity contribution in [2.45, 2.75) is 52.6 Å². The first-order valence-electron chi connectivity index (χ1n) is 9.67. The van der Waals surface area contributed by atoms with Crippen molar-refractivity contribution in [3.63, 3.8) is 0 Å². The lowest BCUT2D eigenvalue weighted by Crippen LogP contribution is -2.44. The lowest BCUT2D eigenvalue weighted by molar-refractivity contribution is 0.0270. The third kappa shape index (κ3) is 5.51. The van der Waals surface area contributed by atoms with Crippen LogP contribution in [0.5, 0.6) is 11.5 Å². The second-order valence-corrected chi connectivity index (χ2v) is 6.91. The highest BCUT2D eigenvalue weighted by Gasteiger charge is 2.28. The monoisotopic (exact) mass is 350 g/mol. The summed E-state index contributed by atoms with van der Waals surface area (Å²) in [4.78, 5) is 2.45. The first-order valence-corrected chi connectivity index (χ1v) is 9.67. The van der Waals surface area contributed by atoms with Gasteiger partial charge in [-0.2, -0.15) is 0 Å². The highest BCUT2D eigenvalue weighted by atomic mass is 16.5. The Morgan fingerprint density at radius 3 is 2.68 bits per heavy atom. The summed E-state index contributed by atoms with van der Waals surface area (Å²) in [5.41, 5.74) is 7.95. The molecule has 1 aliphatic heterocycles. The SMILES string of the molecule is CCCOc1c(N)cc(CC2CN(CCC)CCC2O)cc1OCC. The lowest BCUT2D eigenvalue weighted by atomic mass is 9.88. The van der Waals surface area contributed by atoms with E-state index in [1.165, 1.54) is 0 Å². The summed E-state index contributed by atoms with van der Waals surface area (Å²) in [6.07, 6.45) is 3.47. The van der Waals surface area contributed by atoms with Gasteiger partial charge in [-0.1, -0.05) is 13.8 Å². The van der Waals surface area contributed by atoms with Gasteiger partial charge < -0.3 is 25.2 Å². The van der Waals surface area contributed by atoms with Gasteiger partial charge in [0.05, 0.1) is 25.0 Å². The third-order valence-electron chi connectivity index (χ3n) is 4.71. The van der Waals surface area contributed by atoms with Crippen LogP contribution in [0.15, 0.2) is 12.1 Å². The van der Waals surface area contributed by atoms with E-state index in [0.29, 0.717) is 30.4 Å². The maximum Gasteiger partial charge on any atom is 0.184 e. The smallest absolute Gasteiger partial charge is 0.184 e. The zero-order valence-electron chi connectivity index (χ0n) is 16.0. The standard InChI is InChI=1S/C20H34N2O3/c1-4-8-22-9-7-18(23)16(14-22)11-15-12-17(21)20(25-10-5-2)19(13-15)24-6-3/h12-13,16,18,23H,4-11,14,21H2,1-3H3. The topological polar surface area (TPSA) is 68.0 Å². The number of benzene rings is 1. The van der Waals surface area contributed by atoms with E-state index in [4.69, 9.17) is 15.2 Å². The Kier molecular flexibility index (Phi) is 7.85. The van der Waals surface area contributed by atoms with Crippen LogP contribution in [0, 0.1) is 5.92 Å². The van der Waals surface area contributed by atoms with Crippen molar-refractivity contribution in [1.29, 1.82) is 0 Å². The molecule has 2 rings (SSSR count). The van der Waals surface area contributed by atoms with Crippen molar-refractivity contribution in [3.05, 3.63) is 17.7 Å². The van der Waals surface area contributed by atoms with Gasteiger partial charge in [0.1, 0.15) is 0 Å². The van der Waals surface area contributed by atoms with E-state index < -0.39 is 0 Å². The molecule has 0 radical (unpaired) electrons. The molecule has 0 saturated carbocycles. The van der Waals surface area contributed by atoms with Crippen LogP contribution in [0.3, 0.4) is 0 Å². The van der Waals surface area contributed by atoms with Crippen LogP contribution in [-0.4, -0.2) is 49.0 Å². The van der Waals surface area contributed by atoms with Crippen molar-refractivity contribution in [1.82, 2.24) is 4.90 Å². The quantitative estimate of drug-likeness (QED) is 0.670. The average molecular weight is 351 g/mol. The molecule has 1 fully saturated rings. The number of likely N-dealkylation sites (tertiary alicyclic amines) is 1. The van der Waals surface area contributed by atoms with Crippen LogP contribution < -0.4 is 15.2 Å². The Labute approximate surface area is 152 Å². The molecular weight excluding hydrogens is 316 g/mol. The van der Waals surface area contributed by atoms with E-state index >= 15 is 0 Å². The van der Waals surface area contributed by atoms with Crippen molar-refractivity contribution in [2.75, 3.05) is 38.6 Å². The number of hydrogen-bond acceptors (Lipinski definition) is 5. The van der Waals surface area contributed by atoms with Gasteiger partial charge in [-0.05, 0) is 56.8 Å². The highest BCUT2D eigenvalue weighted by Crippen LogP contribution is 2.36. The van der Waals surface area contributed by atoms with Crippen molar-refractivity contribution in [2.24, 2.45) is 5.92 Å². The molecule has 0 aromatic heterocycles. The molecule has 1 aromatic carbocycles. The van der Waals surface area contributed by atoms with E-state index in [1.54, 1.807) is 0 Å². The molecule has 0 bridgehead atoms. The van der Waals surface area contributed by atoms with Crippen LogP contribution in [0.25, 0.3) is 0 Å². The Morgan fingerprint density at radius 1 is 1.20 bits per heavy atom. The molecule has 5 heteroatoms. The van der Waals surface area contributed by atoms with Gasteiger partial charge in [-0.15, -0.1) is 0 Å². The molecule has 1 heterocycles. The van der Waals surface area contributed by atoms with E-state index in [2.05, 4.69) is 18.7 Å². The first-order chi connectivity index (χ1) is 12.1. The summed E-state index contributed by atoms with van der Waals surface area (Å²) < 4.78 is 11.5. The predicted octanol–water partition coefficient (Wildman–Crippen LogP) is 3.09. The van der Waals surface area contributed by atoms with Gasteiger partial charge >= 0.3 is 0 Å². The summed E-state index contributed by atoms with van der Waals surface area (Å²) in [5.74, 6) is 1.59. The first kappa shape index (κ1) is 19.9. The fourth-order valence-electron chi connectivity index (χ4n) is 3.54. The van der Waals surface area contributed by atoms with Crippen molar-refractivity contribution >= 4 is 5.69 Å². The number of nitrogens with two attached hydrogens (primary N) is 1. The molecule has 142 valence electrons. The van der Waals surface area contributed by atoms with Crippen LogP contribution in [0.2, 0.25) is 0 Å². The molecule has 0 spiro atoms. The normalized spacial score (nSPS) is 21.3. The van der Waals surface area contributed by atoms with Gasteiger partial charge in [0.15, 0.2) is 11.5 Å². The van der Waals surface area contributed by atoms with Gasteiger partial charge in [0.25, 0.3) is 0 Å².